The number of methoxy groups -OCH3 is 2. The molecule has 1 fully saturated rings. The Bertz CT molecular complexity index is 1220. The van der Waals surface area contributed by atoms with Gasteiger partial charge in [-0.2, -0.15) is 0 Å². The van der Waals surface area contributed by atoms with Crippen molar-refractivity contribution in [1.29, 1.82) is 0 Å². The maximum absolute atomic E-state index is 14.1. The molecule has 0 spiro atoms. The standard InChI is InChI=1S/C30H37ClN2O6/c1-18(2)14-24-21-9-8-20(31)15-23(21)25(22-6-5-7-26(38-3)28(22)39-4)16-33(29(24)35)17-27(34)32-12-10-19(11-13-32)30(36)37/h5-9,15,18-19,24-25H,10-14,16-17H2,1-4H3,(H,36,37)/t24-,25+/m0/s1. The summed E-state index contributed by atoms with van der Waals surface area (Å²) < 4.78 is 11.3. The molecule has 4 rings (SSSR count). The number of carboxylic acid groups (broad SMARTS) is 1. The van der Waals surface area contributed by atoms with E-state index < -0.39 is 17.8 Å². The molecule has 0 bridgehead atoms. The Kier molecular flexibility index (Phi) is 9.05. The second kappa shape index (κ2) is 12.3. The summed E-state index contributed by atoms with van der Waals surface area (Å²) in [6.07, 6.45) is 1.46. The van der Waals surface area contributed by atoms with E-state index in [1.54, 1.807) is 24.0 Å². The van der Waals surface area contributed by atoms with Crippen LogP contribution in [0.4, 0.5) is 0 Å². The molecule has 39 heavy (non-hydrogen) atoms. The molecular weight excluding hydrogens is 520 g/mol. The van der Waals surface area contributed by atoms with Crippen LogP contribution in [0.5, 0.6) is 11.5 Å². The Hall–Kier alpha value is -3.26. The first-order valence-electron chi connectivity index (χ1n) is 13.4. The SMILES string of the molecule is COc1cccc([C@H]2CN(CC(=O)N3CCC(C(=O)O)CC3)C(=O)[C@@H](CC(C)C)c3ccc(Cl)cc32)c1OC. The minimum absolute atomic E-state index is 0.0737. The van der Waals surface area contributed by atoms with Crippen LogP contribution < -0.4 is 9.47 Å². The van der Waals surface area contributed by atoms with Crippen LogP contribution in [-0.2, 0) is 14.4 Å². The molecule has 2 aromatic carbocycles. The highest BCUT2D eigenvalue weighted by atomic mass is 35.5. The molecule has 2 aliphatic heterocycles. The lowest BCUT2D eigenvalue weighted by molar-refractivity contribution is -0.147. The number of benzene rings is 2. The van der Waals surface area contributed by atoms with Gasteiger partial charge in [0.15, 0.2) is 11.5 Å². The normalized spacial score (nSPS) is 20.0. The first kappa shape index (κ1) is 28.7. The topological polar surface area (TPSA) is 96.4 Å². The van der Waals surface area contributed by atoms with Crippen LogP contribution in [0.15, 0.2) is 36.4 Å². The Morgan fingerprint density at radius 3 is 2.38 bits per heavy atom. The smallest absolute Gasteiger partial charge is 0.306 e. The Labute approximate surface area is 234 Å². The molecule has 1 N–H and O–H groups in total. The van der Waals surface area contributed by atoms with E-state index >= 15 is 0 Å². The molecule has 2 heterocycles. The fraction of sp³-hybridized carbons (Fsp3) is 0.500. The summed E-state index contributed by atoms with van der Waals surface area (Å²) in [7, 11) is 3.17. The Balaban J connectivity index is 1.75. The third kappa shape index (κ3) is 6.16. The summed E-state index contributed by atoms with van der Waals surface area (Å²) in [5, 5.41) is 9.90. The average molecular weight is 557 g/mol. The average Bonchev–Trinajstić information content (AvgIpc) is 3.02. The van der Waals surface area contributed by atoms with Gasteiger partial charge >= 0.3 is 5.97 Å². The number of rotatable bonds is 8. The lowest BCUT2D eigenvalue weighted by atomic mass is 9.82. The van der Waals surface area contributed by atoms with E-state index in [4.69, 9.17) is 21.1 Å². The first-order chi connectivity index (χ1) is 18.6. The summed E-state index contributed by atoms with van der Waals surface area (Å²) in [5.41, 5.74) is 2.69. The molecule has 2 atom stereocenters. The van der Waals surface area contributed by atoms with Crippen molar-refractivity contribution in [1.82, 2.24) is 9.80 Å². The largest absolute Gasteiger partial charge is 0.493 e. The molecule has 8 nitrogen and oxygen atoms in total. The number of carboxylic acids is 1. The summed E-state index contributed by atoms with van der Waals surface area (Å²) >= 11 is 6.50. The number of para-hydroxylation sites is 1. The molecule has 0 unspecified atom stereocenters. The highest BCUT2D eigenvalue weighted by Crippen LogP contribution is 2.44. The molecule has 0 aliphatic carbocycles. The van der Waals surface area contributed by atoms with Crippen molar-refractivity contribution in [3.63, 3.8) is 0 Å². The molecule has 0 aromatic heterocycles. The monoisotopic (exact) mass is 556 g/mol. The fourth-order valence-corrected chi connectivity index (χ4v) is 6.04. The van der Waals surface area contributed by atoms with Gasteiger partial charge in [0, 0.05) is 36.1 Å². The number of nitrogens with zero attached hydrogens (tertiary/aromatic N) is 2. The molecule has 2 aliphatic rings. The molecule has 210 valence electrons. The van der Waals surface area contributed by atoms with E-state index in [0.29, 0.717) is 48.9 Å². The number of hydrogen-bond acceptors (Lipinski definition) is 5. The van der Waals surface area contributed by atoms with Gasteiger partial charge in [0.1, 0.15) is 0 Å². The number of fused-ring (bicyclic) bond motifs is 1. The van der Waals surface area contributed by atoms with Crippen LogP contribution in [0, 0.1) is 11.8 Å². The van der Waals surface area contributed by atoms with Crippen molar-refractivity contribution in [3.8, 4) is 11.5 Å². The van der Waals surface area contributed by atoms with Crippen LogP contribution in [0.2, 0.25) is 5.02 Å². The lowest BCUT2D eigenvalue weighted by Crippen LogP contribution is -2.47. The van der Waals surface area contributed by atoms with E-state index in [9.17, 15) is 19.5 Å². The summed E-state index contributed by atoms with van der Waals surface area (Å²) in [4.78, 5) is 42.3. The molecule has 2 amide bonds. The second-order valence-corrected chi connectivity index (χ2v) is 11.2. The summed E-state index contributed by atoms with van der Waals surface area (Å²) in [6.45, 7) is 5.10. The maximum Gasteiger partial charge on any atom is 0.306 e. The summed E-state index contributed by atoms with van der Waals surface area (Å²) in [6, 6.07) is 11.3. The van der Waals surface area contributed by atoms with E-state index in [0.717, 1.165) is 16.7 Å². The maximum atomic E-state index is 14.1. The van der Waals surface area contributed by atoms with Crippen molar-refractivity contribution in [3.05, 3.63) is 58.1 Å². The molecular formula is C30H37ClN2O6. The zero-order valence-electron chi connectivity index (χ0n) is 23.0. The van der Waals surface area contributed by atoms with Crippen molar-refractivity contribution >= 4 is 29.4 Å². The number of amides is 2. The lowest BCUT2D eigenvalue weighted by Gasteiger charge is -2.33. The van der Waals surface area contributed by atoms with Crippen LogP contribution in [-0.4, -0.2) is 73.1 Å². The van der Waals surface area contributed by atoms with Crippen LogP contribution in [0.25, 0.3) is 0 Å². The zero-order chi connectivity index (χ0) is 28.3. The fourth-order valence-electron chi connectivity index (χ4n) is 5.86. The van der Waals surface area contributed by atoms with Gasteiger partial charge in [-0.1, -0.05) is 43.6 Å². The van der Waals surface area contributed by atoms with Gasteiger partial charge in [-0.3, -0.25) is 14.4 Å². The van der Waals surface area contributed by atoms with Crippen molar-refractivity contribution < 1.29 is 29.0 Å². The zero-order valence-corrected chi connectivity index (χ0v) is 23.7. The highest BCUT2D eigenvalue weighted by Gasteiger charge is 2.39. The molecule has 0 saturated carbocycles. The number of carbonyl (C=O) groups excluding carboxylic acids is 2. The van der Waals surface area contributed by atoms with Crippen molar-refractivity contribution in [2.24, 2.45) is 11.8 Å². The number of piperidine rings is 1. The number of carbonyl (C=O) groups is 3. The first-order valence-corrected chi connectivity index (χ1v) is 13.8. The molecule has 0 radical (unpaired) electrons. The quantitative estimate of drug-likeness (QED) is 0.502. The number of likely N-dealkylation sites (tertiary alicyclic amines) is 1. The number of aliphatic carboxylic acids is 1. The number of ether oxygens (including phenoxy) is 2. The predicted octanol–water partition coefficient (Wildman–Crippen LogP) is 4.78. The van der Waals surface area contributed by atoms with Gasteiger partial charge < -0.3 is 24.4 Å². The van der Waals surface area contributed by atoms with Gasteiger partial charge in [0.05, 0.1) is 32.6 Å². The Morgan fingerprint density at radius 2 is 1.77 bits per heavy atom. The van der Waals surface area contributed by atoms with Crippen LogP contribution in [0.1, 0.15) is 61.6 Å². The van der Waals surface area contributed by atoms with E-state index in [1.807, 2.05) is 36.4 Å². The number of halogens is 1. The van der Waals surface area contributed by atoms with Gasteiger partial charge in [0.25, 0.3) is 0 Å². The van der Waals surface area contributed by atoms with Gasteiger partial charge in [-0.25, -0.2) is 0 Å². The van der Waals surface area contributed by atoms with Gasteiger partial charge in [-0.15, -0.1) is 0 Å². The van der Waals surface area contributed by atoms with E-state index in [2.05, 4.69) is 13.8 Å². The Morgan fingerprint density at radius 1 is 1.05 bits per heavy atom. The summed E-state index contributed by atoms with van der Waals surface area (Å²) in [5.74, 6) is -0.857. The van der Waals surface area contributed by atoms with Crippen LogP contribution in [0.3, 0.4) is 0 Å². The highest BCUT2D eigenvalue weighted by molar-refractivity contribution is 6.30. The second-order valence-electron chi connectivity index (χ2n) is 10.8. The minimum atomic E-state index is -0.826. The third-order valence-corrected chi connectivity index (χ3v) is 8.09. The van der Waals surface area contributed by atoms with E-state index in [-0.39, 0.29) is 36.7 Å². The molecule has 1 saturated heterocycles. The van der Waals surface area contributed by atoms with E-state index in [1.165, 1.54) is 0 Å². The number of hydrogen-bond donors (Lipinski definition) is 1. The van der Waals surface area contributed by atoms with Crippen molar-refractivity contribution in [2.45, 2.75) is 44.9 Å². The van der Waals surface area contributed by atoms with Crippen molar-refractivity contribution in [2.75, 3.05) is 40.4 Å². The molecule has 9 heteroatoms. The van der Waals surface area contributed by atoms with Crippen LogP contribution >= 0.6 is 11.6 Å². The predicted molar refractivity (Wildman–Crippen MR) is 149 cm³/mol. The van der Waals surface area contributed by atoms with Gasteiger partial charge in [-0.05, 0) is 54.5 Å². The molecule has 2 aromatic rings. The minimum Gasteiger partial charge on any atom is -0.493 e. The van der Waals surface area contributed by atoms with Gasteiger partial charge in [0.2, 0.25) is 11.8 Å². The third-order valence-electron chi connectivity index (χ3n) is 7.85.